The number of allylic oxidation sites excluding steroid dienone is 2. The summed E-state index contributed by atoms with van der Waals surface area (Å²) in [6.45, 7) is 0. The van der Waals surface area contributed by atoms with Gasteiger partial charge in [-0.2, -0.15) is 0 Å². The van der Waals surface area contributed by atoms with Crippen molar-refractivity contribution in [2.45, 2.75) is 6.42 Å². The van der Waals surface area contributed by atoms with Gasteiger partial charge in [-0.15, -0.1) is 0 Å². The van der Waals surface area contributed by atoms with Gasteiger partial charge in [-0.05, 0) is 30.4 Å². The summed E-state index contributed by atoms with van der Waals surface area (Å²) in [5, 5.41) is 0. The number of carbonyl (C=O) groups excluding carboxylic acids is 3. The van der Waals surface area contributed by atoms with Gasteiger partial charge < -0.3 is 0 Å². The second-order valence-corrected chi connectivity index (χ2v) is 6.80. The van der Waals surface area contributed by atoms with Gasteiger partial charge in [0.25, 0.3) is 0 Å². The second-order valence-electron chi connectivity index (χ2n) is 6.80. The van der Waals surface area contributed by atoms with Crippen molar-refractivity contribution in [1.82, 2.24) is 0 Å². The van der Waals surface area contributed by atoms with Gasteiger partial charge in [0, 0.05) is 11.8 Å². The molecule has 0 aromatic heterocycles. The molecule has 0 radical (unpaired) electrons. The number of amides is 2. The zero-order chi connectivity index (χ0) is 15.0. The third-order valence-corrected chi connectivity index (χ3v) is 5.78. The first kappa shape index (κ1) is 12.3. The van der Waals surface area contributed by atoms with Gasteiger partial charge in [0.15, 0.2) is 0 Å². The Balaban J connectivity index is 1.62. The van der Waals surface area contributed by atoms with E-state index in [0.29, 0.717) is 5.69 Å². The second kappa shape index (κ2) is 3.94. The zero-order valence-corrected chi connectivity index (χ0v) is 11.9. The summed E-state index contributed by atoms with van der Waals surface area (Å²) in [7, 11) is 0. The standard InChI is InChI=1S/C18H15NO3/c20-16-11-7-6-10(12-8-13(12)16)14-15(11)18(22)19(17(14)21)9-4-2-1-3-5-9/h1-7,10-15H,8H2/t10-,11+,12-,13+,14-,15+/m1/s1. The fourth-order valence-electron chi connectivity index (χ4n) is 4.71. The van der Waals surface area contributed by atoms with Crippen LogP contribution in [0.2, 0.25) is 0 Å². The van der Waals surface area contributed by atoms with Crippen LogP contribution in [0, 0.1) is 35.5 Å². The van der Waals surface area contributed by atoms with E-state index in [1.807, 2.05) is 30.4 Å². The SMILES string of the molecule is O=C1[C@H]2C=C[C@H]([C@H]3C[C@H]13)[C@H]1C(=O)N(c3ccccc3)C(=O)[C@H]12. The van der Waals surface area contributed by atoms with Crippen LogP contribution in [-0.2, 0) is 14.4 Å². The first-order chi connectivity index (χ1) is 10.7. The lowest BCUT2D eigenvalue weighted by Gasteiger charge is -2.28. The molecule has 2 amide bonds. The van der Waals surface area contributed by atoms with Crippen LogP contribution in [0.25, 0.3) is 0 Å². The molecule has 4 nitrogen and oxygen atoms in total. The number of nitrogens with zero attached hydrogens (tertiary/aromatic N) is 1. The molecule has 4 heteroatoms. The molecule has 4 aliphatic carbocycles. The number of para-hydroxylation sites is 1. The molecule has 2 bridgehead atoms. The molecular formula is C18H15NO3. The fourth-order valence-corrected chi connectivity index (χ4v) is 4.71. The topological polar surface area (TPSA) is 54.5 Å². The number of imide groups is 1. The number of carbonyl (C=O) groups is 3. The Kier molecular flexibility index (Phi) is 2.21. The molecule has 0 N–H and O–H groups in total. The molecule has 2 saturated carbocycles. The van der Waals surface area contributed by atoms with E-state index in [-0.39, 0.29) is 41.3 Å². The molecule has 6 atom stereocenters. The number of Topliss-reactive ketones (excluding diaryl/α,β-unsaturated/α-hetero) is 1. The van der Waals surface area contributed by atoms with Gasteiger partial charge in [0.05, 0.1) is 17.5 Å². The summed E-state index contributed by atoms with van der Waals surface area (Å²) in [4.78, 5) is 39.7. The molecule has 6 rings (SSSR count). The van der Waals surface area contributed by atoms with Crippen molar-refractivity contribution in [3.63, 3.8) is 0 Å². The number of hydrogen-bond donors (Lipinski definition) is 0. The molecule has 1 aromatic rings. The highest BCUT2D eigenvalue weighted by Crippen LogP contribution is 2.59. The number of ketones is 1. The monoisotopic (exact) mass is 293 g/mol. The van der Waals surface area contributed by atoms with Gasteiger partial charge in [-0.1, -0.05) is 30.4 Å². The van der Waals surface area contributed by atoms with E-state index in [9.17, 15) is 14.4 Å². The summed E-state index contributed by atoms with van der Waals surface area (Å²) in [5.74, 6) is -0.958. The Morgan fingerprint density at radius 1 is 0.909 bits per heavy atom. The minimum Gasteiger partial charge on any atom is -0.299 e. The van der Waals surface area contributed by atoms with E-state index in [2.05, 4.69) is 0 Å². The zero-order valence-electron chi connectivity index (χ0n) is 11.9. The van der Waals surface area contributed by atoms with E-state index >= 15 is 0 Å². The number of rotatable bonds is 1. The first-order valence-electron chi connectivity index (χ1n) is 7.83. The van der Waals surface area contributed by atoms with Crippen LogP contribution >= 0.6 is 0 Å². The predicted molar refractivity (Wildman–Crippen MR) is 78.6 cm³/mol. The predicted octanol–water partition coefficient (Wildman–Crippen LogP) is 1.81. The van der Waals surface area contributed by atoms with Gasteiger partial charge in [-0.3, -0.25) is 19.3 Å². The summed E-state index contributed by atoms with van der Waals surface area (Å²) < 4.78 is 0. The quantitative estimate of drug-likeness (QED) is 0.586. The summed E-state index contributed by atoms with van der Waals surface area (Å²) >= 11 is 0. The van der Waals surface area contributed by atoms with E-state index in [4.69, 9.17) is 0 Å². The highest BCUT2D eigenvalue weighted by atomic mass is 16.2. The maximum atomic E-state index is 12.9. The van der Waals surface area contributed by atoms with Crippen molar-refractivity contribution in [2.75, 3.05) is 4.90 Å². The lowest BCUT2D eigenvalue weighted by Crippen LogP contribution is -2.35. The van der Waals surface area contributed by atoms with Crippen LogP contribution in [0.3, 0.4) is 0 Å². The maximum absolute atomic E-state index is 12.9. The molecule has 0 spiro atoms. The van der Waals surface area contributed by atoms with Crippen LogP contribution in [-0.4, -0.2) is 17.6 Å². The fraction of sp³-hybridized carbons (Fsp3) is 0.389. The van der Waals surface area contributed by atoms with E-state index < -0.39 is 11.8 Å². The lowest BCUT2D eigenvalue weighted by atomic mass is 9.71. The Bertz CT molecular complexity index is 738. The summed E-state index contributed by atoms with van der Waals surface area (Å²) in [6, 6.07) is 9.05. The van der Waals surface area contributed by atoms with E-state index in [1.54, 1.807) is 12.1 Å². The van der Waals surface area contributed by atoms with Gasteiger partial charge in [0.1, 0.15) is 5.78 Å². The molecular weight excluding hydrogens is 278 g/mol. The molecule has 110 valence electrons. The van der Waals surface area contributed by atoms with Gasteiger partial charge in [-0.25, -0.2) is 0 Å². The molecule has 1 aromatic carbocycles. The first-order valence-corrected chi connectivity index (χ1v) is 7.83. The number of hydrogen-bond acceptors (Lipinski definition) is 3. The number of anilines is 1. The van der Waals surface area contributed by atoms with Crippen molar-refractivity contribution in [3.8, 4) is 0 Å². The molecule has 3 fully saturated rings. The largest absolute Gasteiger partial charge is 0.299 e. The highest BCUT2D eigenvalue weighted by molar-refractivity contribution is 6.23. The number of benzene rings is 1. The third-order valence-electron chi connectivity index (χ3n) is 5.78. The molecule has 1 aliphatic heterocycles. The van der Waals surface area contributed by atoms with Crippen LogP contribution in [0.15, 0.2) is 42.5 Å². The highest BCUT2D eigenvalue weighted by Gasteiger charge is 2.65. The van der Waals surface area contributed by atoms with E-state index in [0.717, 1.165) is 6.42 Å². The van der Waals surface area contributed by atoms with Crippen molar-refractivity contribution in [1.29, 1.82) is 0 Å². The average molecular weight is 293 g/mol. The Labute approximate surface area is 127 Å². The maximum Gasteiger partial charge on any atom is 0.238 e. The van der Waals surface area contributed by atoms with Crippen molar-refractivity contribution >= 4 is 23.3 Å². The van der Waals surface area contributed by atoms with Crippen molar-refractivity contribution < 1.29 is 14.4 Å². The summed E-state index contributed by atoms with van der Waals surface area (Å²) in [6.07, 6.45) is 4.81. The van der Waals surface area contributed by atoms with Crippen LogP contribution in [0.5, 0.6) is 0 Å². The summed E-state index contributed by atoms with van der Waals surface area (Å²) in [5.41, 5.74) is 0.616. The third kappa shape index (κ3) is 1.35. The molecule has 0 unspecified atom stereocenters. The van der Waals surface area contributed by atoms with Gasteiger partial charge >= 0.3 is 0 Å². The van der Waals surface area contributed by atoms with Crippen molar-refractivity contribution in [2.24, 2.45) is 35.5 Å². The molecule has 1 saturated heterocycles. The van der Waals surface area contributed by atoms with Crippen LogP contribution < -0.4 is 4.90 Å². The molecule has 22 heavy (non-hydrogen) atoms. The Hall–Kier alpha value is -2.23. The minimum absolute atomic E-state index is 0.0582. The van der Waals surface area contributed by atoms with Crippen molar-refractivity contribution in [3.05, 3.63) is 42.5 Å². The average Bonchev–Trinajstić information content (AvgIpc) is 3.31. The van der Waals surface area contributed by atoms with E-state index in [1.165, 1.54) is 4.90 Å². The van der Waals surface area contributed by atoms with Crippen LogP contribution in [0.1, 0.15) is 6.42 Å². The lowest BCUT2D eigenvalue weighted by molar-refractivity contribution is -0.130. The molecule has 5 aliphatic rings. The van der Waals surface area contributed by atoms with Gasteiger partial charge in [0.2, 0.25) is 11.8 Å². The van der Waals surface area contributed by atoms with Crippen LogP contribution in [0.4, 0.5) is 5.69 Å². The normalized spacial score (nSPS) is 41.5. The minimum atomic E-state index is -0.483. The Morgan fingerprint density at radius 2 is 1.64 bits per heavy atom. The Morgan fingerprint density at radius 3 is 2.41 bits per heavy atom. The molecule has 1 heterocycles. The smallest absolute Gasteiger partial charge is 0.238 e.